The molecule has 106 valence electrons. The fraction of sp³-hybridized carbons (Fsp3) is 0.471. The van der Waals surface area contributed by atoms with Crippen molar-refractivity contribution in [2.24, 2.45) is 7.05 Å². The van der Waals surface area contributed by atoms with Crippen LogP contribution in [0.1, 0.15) is 35.6 Å². The summed E-state index contributed by atoms with van der Waals surface area (Å²) in [6, 6.07) is 6.71. The van der Waals surface area contributed by atoms with Crippen LogP contribution in [0.25, 0.3) is 11.1 Å². The summed E-state index contributed by atoms with van der Waals surface area (Å²) in [6.45, 7) is 6.53. The Balaban J connectivity index is 2.01. The molecule has 0 aliphatic carbocycles. The molecule has 0 radical (unpaired) electrons. The van der Waals surface area contributed by atoms with Gasteiger partial charge in [-0.3, -0.25) is 4.68 Å². The van der Waals surface area contributed by atoms with Gasteiger partial charge in [-0.25, -0.2) is 0 Å². The molecule has 1 fully saturated rings. The molecule has 0 saturated carbocycles. The number of aromatic nitrogens is 2. The third-order valence-corrected chi connectivity index (χ3v) is 4.36. The van der Waals surface area contributed by atoms with E-state index in [1.807, 2.05) is 11.7 Å². The molecule has 1 aliphatic rings. The quantitative estimate of drug-likeness (QED) is 0.907. The second-order valence-electron chi connectivity index (χ2n) is 5.94. The third-order valence-electron chi connectivity index (χ3n) is 4.36. The van der Waals surface area contributed by atoms with Crippen molar-refractivity contribution in [1.29, 1.82) is 0 Å². The number of aryl methyl sites for hydroxylation is 3. The lowest BCUT2D eigenvalue weighted by molar-refractivity contribution is 0.452. The monoisotopic (exact) mass is 269 g/mol. The summed E-state index contributed by atoms with van der Waals surface area (Å²) in [5.41, 5.74) is 6.53. The van der Waals surface area contributed by atoms with Crippen LogP contribution in [-0.4, -0.2) is 22.9 Å². The van der Waals surface area contributed by atoms with Crippen molar-refractivity contribution in [2.45, 2.75) is 32.6 Å². The Bertz CT molecular complexity index is 607. The lowest BCUT2D eigenvalue weighted by Crippen LogP contribution is -2.28. The number of benzene rings is 1. The van der Waals surface area contributed by atoms with Crippen molar-refractivity contribution in [2.75, 3.05) is 13.1 Å². The zero-order valence-corrected chi connectivity index (χ0v) is 12.6. The van der Waals surface area contributed by atoms with E-state index in [1.165, 1.54) is 40.8 Å². The summed E-state index contributed by atoms with van der Waals surface area (Å²) in [7, 11) is 2.02. The molecule has 0 amide bonds. The van der Waals surface area contributed by atoms with Gasteiger partial charge in [0.1, 0.15) is 0 Å². The maximum absolute atomic E-state index is 4.74. The number of piperidine rings is 1. The first-order valence-electron chi connectivity index (χ1n) is 7.47. The Kier molecular flexibility index (Phi) is 3.62. The van der Waals surface area contributed by atoms with Gasteiger partial charge in [-0.15, -0.1) is 0 Å². The molecule has 1 aromatic heterocycles. The lowest BCUT2D eigenvalue weighted by atomic mass is 9.91. The predicted octanol–water partition coefficient (Wildman–Crippen LogP) is 3.17. The lowest BCUT2D eigenvalue weighted by Gasteiger charge is -2.22. The van der Waals surface area contributed by atoms with Crippen molar-refractivity contribution in [3.05, 3.63) is 41.2 Å². The molecule has 1 aliphatic heterocycles. The molecule has 0 bridgehead atoms. The Labute approximate surface area is 121 Å². The minimum absolute atomic E-state index is 0.543. The first kappa shape index (κ1) is 13.4. The van der Waals surface area contributed by atoms with E-state index in [-0.39, 0.29) is 0 Å². The van der Waals surface area contributed by atoms with Crippen LogP contribution in [0.5, 0.6) is 0 Å². The summed E-state index contributed by atoms with van der Waals surface area (Å²) >= 11 is 0. The van der Waals surface area contributed by atoms with Gasteiger partial charge < -0.3 is 5.32 Å². The van der Waals surface area contributed by atoms with Gasteiger partial charge in [0.25, 0.3) is 0 Å². The molecular formula is C17H23N3. The minimum Gasteiger partial charge on any atom is -0.316 e. The fourth-order valence-corrected chi connectivity index (χ4v) is 3.02. The first-order valence-corrected chi connectivity index (χ1v) is 7.47. The van der Waals surface area contributed by atoms with E-state index in [2.05, 4.69) is 43.6 Å². The highest BCUT2D eigenvalue weighted by atomic mass is 15.3. The Morgan fingerprint density at radius 2 is 2.10 bits per heavy atom. The summed E-state index contributed by atoms with van der Waals surface area (Å²) in [5.74, 6) is 0.543. The summed E-state index contributed by atoms with van der Waals surface area (Å²) in [4.78, 5) is 0. The maximum Gasteiger partial charge on any atom is 0.0746 e. The van der Waals surface area contributed by atoms with E-state index >= 15 is 0 Å². The van der Waals surface area contributed by atoms with Crippen molar-refractivity contribution in [3.63, 3.8) is 0 Å². The maximum atomic E-state index is 4.74. The van der Waals surface area contributed by atoms with Crippen molar-refractivity contribution >= 4 is 0 Å². The van der Waals surface area contributed by atoms with Crippen LogP contribution < -0.4 is 5.32 Å². The van der Waals surface area contributed by atoms with E-state index in [4.69, 9.17) is 5.10 Å². The van der Waals surface area contributed by atoms with Crippen molar-refractivity contribution in [3.8, 4) is 11.1 Å². The molecule has 3 rings (SSSR count). The fourth-order valence-electron chi connectivity index (χ4n) is 3.02. The van der Waals surface area contributed by atoms with Crippen molar-refractivity contribution < 1.29 is 0 Å². The SMILES string of the molecule is Cc1ccc(-c2cn(C)nc2C2CCCNC2)cc1C. The molecule has 20 heavy (non-hydrogen) atoms. The predicted molar refractivity (Wildman–Crippen MR) is 83.0 cm³/mol. The van der Waals surface area contributed by atoms with E-state index in [9.17, 15) is 0 Å². The molecular weight excluding hydrogens is 246 g/mol. The molecule has 3 nitrogen and oxygen atoms in total. The number of hydrogen-bond acceptors (Lipinski definition) is 2. The van der Waals surface area contributed by atoms with E-state index < -0.39 is 0 Å². The number of rotatable bonds is 2. The number of nitrogens with zero attached hydrogens (tertiary/aromatic N) is 2. The van der Waals surface area contributed by atoms with Gasteiger partial charge in [-0.05, 0) is 49.9 Å². The van der Waals surface area contributed by atoms with Gasteiger partial charge in [-0.1, -0.05) is 18.2 Å². The van der Waals surface area contributed by atoms with Crippen LogP contribution in [0.3, 0.4) is 0 Å². The average molecular weight is 269 g/mol. The van der Waals surface area contributed by atoms with Gasteiger partial charge in [0.2, 0.25) is 0 Å². The smallest absolute Gasteiger partial charge is 0.0746 e. The first-order chi connectivity index (χ1) is 9.65. The molecule has 1 saturated heterocycles. The second kappa shape index (κ2) is 5.41. The van der Waals surface area contributed by atoms with Gasteiger partial charge in [-0.2, -0.15) is 5.10 Å². The van der Waals surface area contributed by atoms with Crippen LogP contribution in [0, 0.1) is 13.8 Å². The van der Waals surface area contributed by atoms with Gasteiger partial charge in [0.15, 0.2) is 0 Å². The summed E-state index contributed by atoms with van der Waals surface area (Å²) < 4.78 is 1.95. The van der Waals surface area contributed by atoms with E-state index in [1.54, 1.807) is 0 Å². The molecule has 1 N–H and O–H groups in total. The number of hydrogen-bond donors (Lipinski definition) is 1. The Morgan fingerprint density at radius 3 is 2.80 bits per heavy atom. The third kappa shape index (κ3) is 2.50. The van der Waals surface area contributed by atoms with Crippen LogP contribution >= 0.6 is 0 Å². The Hall–Kier alpha value is -1.61. The largest absolute Gasteiger partial charge is 0.316 e. The molecule has 0 spiro atoms. The zero-order valence-electron chi connectivity index (χ0n) is 12.6. The van der Waals surface area contributed by atoms with Gasteiger partial charge in [0, 0.05) is 31.3 Å². The number of nitrogens with one attached hydrogen (secondary N) is 1. The molecule has 1 unspecified atom stereocenters. The second-order valence-corrected chi connectivity index (χ2v) is 5.94. The van der Waals surface area contributed by atoms with E-state index in [0.717, 1.165) is 13.1 Å². The highest BCUT2D eigenvalue weighted by Crippen LogP contribution is 2.32. The molecule has 2 aromatic rings. The molecule has 1 atom stereocenters. The molecule has 1 aromatic carbocycles. The van der Waals surface area contributed by atoms with E-state index in [0.29, 0.717) is 5.92 Å². The highest BCUT2D eigenvalue weighted by molar-refractivity contribution is 5.67. The normalized spacial score (nSPS) is 19.2. The Morgan fingerprint density at radius 1 is 1.25 bits per heavy atom. The van der Waals surface area contributed by atoms with Crippen LogP contribution in [0.15, 0.2) is 24.4 Å². The zero-order chi connectivity index (χ0) is 14.1. The topological polar surface area (TPSA) is 29.9 Å². The van der Waals surface area contributed by atoms with Crippen LogP contribution in [-0.2, 0) is 7.05 Å². The van der Waals surface area contributed by atoms with Crippen LogP contribution in [0.2, 0.25) is 0 Å². The average Bonchev–Trinajstić information content (AvgIpc) is 2.85. The van der Waals surface area contributed by atoms with Crippen LogP contribution in [0.4, 0.5) is 0 Å². The highest BCUT2D eigenvalue weighted by Gasteiger charge is 2.22. The van der Waals surface area contributed by atoms with Gasteiger partial charge >= 0.3 is 0 Å². The molecule has 3 heteroatoms. The minimum atomic E-state index is 0.543. The van der Waals surface area contributed by atoms with Gasteiger partial charge in [0.05, 0.1) is 5.69 Å². The summed E-state index contributed by atoms with van der Waals surface area (Å²) in [6.07, 6.45) is 4.64. The van der Waals surface area contributed by atoms with Crippen molar-refractivity contribution in [1.82, 2.24) is 15.1 Å². The molecule has 2 heterocycles. The summed E-state index contributed by atoms with van der Waals surface area (Å²) in [5, 5.41) is 8.23. The standard InChI is InChI=1S/C17H23N3/c1-12-6-7-14(9-13(12)2)16-11-20(3)19-17(16)15-5-4-8-18-10-15/h6-7,9,11,15,18H,4-5,8,10H2,1-3H3.